The van der Waals surface area contributed by atoms with Crippen LogP contribution in [0.2, 0.25) is 0 Å². The van der Waals surface area contributed by atoms with E-state index in [9.17, 15) is 0 Å². The molecule has 0 amide bonds. The van der Waals surface area contributed by atoms with E-state index in [0.29, 0.717) is 28.1 Å². The van der Waals surface area contributed by atoms with E-state index in [1.54, 1.807) is 5.57 Å². The van der Waals surface area contributed by atoms with Crippen LogP contribution in [0.15, 0.2) is 48.6 Å². The van der Waals surface area contributed by atoms with Gasteiger partial charge >= 0.3 is 0 Å². The van der Waals surface area contributed by atoms with Crippen LogP contribution >= 0.6 is 0 Å². The predicted molar refractivity (Wildman–Crippen MR) is 150 cm³/mol. The number of allylic oxidation sites excluding steroid dienone is 6. The lowest BCUT2D eigenvalue weighted by atomic mass is 9.35. The lowest BCUT2D eigenvalue weighted by molar-refractivity contribution is -0.158. The molecule has 0 heterocycles. The standard InChI is InChI=1S/C34H54/c1-12-17-32(10)26(30(7,8)13-2)16-18-31(9)25-15-19-34(14-3)21-20-29(5,6)23-33(34,11)28(25)24(4)22-27(31)32/h12-13,17,22,25-26,28H,2,4,14-16,18-21,23H2,1,3,5-11H3/b17-12-. The molecule has 4 rings (SSSR count). The minimum Gasteiger partial charge on any atom is -0.103 e. The zero-order chi connectivity index (χ0) is 25.4. The van der Waals surface area contributed by atoms with Crippen LogP contribution in [0, 0.1) is 50.2 Å². The molecule has 0 aromatic rings. The van der Waals surface area contributed by atoms with E-state index in [1.165, 1.54) is 56.9 Å². The average Bonchev–Trinajstić information content (AvgIpc) is 2.74. The van der Waals surface area contributed by atoms with Crippen molar-refractivity contribution in [1.82, 2.24) is 0 Å². The van der Waals surface area contributed by atoms with Gasteiger partial charge in [0.25, 0.3) is 0 Å². The van der Waals surface area contributed by atoms with Gasteiger partial charge in [-0.1, -0.05) is 97.4 Å². The van der Waals surface area contributed by atoms with Crippen molar-refractivity contribution in [2.75, 3.05) is 0 Å². The maximum absolute atomic E-state index is 4.88. The Hall–Kier alpha value is -1.04. The van der Waals surface area contributed by atoms with Gasteiger partial charge in [0.15, 0.2) is 0 Å². The molecule has 0 heteroatoms. The van der Waals surface area contributed by atoms with Crippen molar-refractivity contribution < 1.29 is 0 Å². The van der Waals surface area contributed by atoms with Gasteiger partial charge in [-0.3, -0.25) is 0 Å². The monoisotopic (exact) mass is 462 g/mol. The molecule has 3 saturated carbocycles. The van der Waals surface area contributed by atoms with Gasteiger partial charge < -0.3 is 0 Å². The van der Waals surface area contributed by atoms with Crippen LogP contribution in [-0.4, -0.2) is 0 Å². The first-order valence-electron chi connectivity index (χ1n) is 14.4. The van der Waals surface area contributed by atoms with Gasteiger partial charge in [-0.25, -0.2) is 0 Å². The smallest absolute Gasteiger partial charge is 0.0107 e. The molecule has 0 aromatic carbocycles. The molecule has 4 aliphatic rings. The fraction of sp³-hybridized carbons (Fsp3) is 0.765. The zero-order valence-electron chi connectivity index (χ0n) is 24.1. The van der Waals surface area contributed by atoms with Crippen molar-refractivity contribution >= 4 is 0 Å². The summed E-state index contributed by atoms with van der Waals surface area (Å²) in [6.07, 6.45) is 20.5. The highest BCUT2D eigenvalue weighted by Gasteiger charge is 2.66. The first-order valence-corrected chi connectivity index (χ1v) is 14.4. The van der Waals surface area contributed by atoms with Crippen LogP contribution in [0.5, 0.6) is 0 Å². The van der Waals surface area contributed by atoms with Crippen molar-refractivity contribution in [3.05, 3.63) is 48.6 Å². The first-order chi connectivity index (χ1) is 15.7. The summed E-state index contributed by atoms with van der Waals surface area (Å²) in [5, 5.41) is 0. The summed E-state index contributed by atoms with van der Waals surface area (Å²) in [4.78, 5) is 0. The molecule has 0 aromatic heterocycles. The van der Waals surface area contributed by atoms with Crippen molar-refractivity contribution in [3.8, 4) is 0 Å². The lowest BCUT2D eigenvalue weighted by Crippen LogP contribution is -2.61. The fourth-order valence-corrected chi connectivity index (χ4v) is 10.6. The third-order valence-electron chi connectivity index (χ3n) is 12.4. The summed E-state index contributed by atoms with van der Waals surface area (Å²) < 4.78 is 0. The second-order valence-electron chi connectivity index (χ2n) is 15.0. The van der Waals surface area contributed by atoms with E-state index in [4.69, 9.17) is 6.58 Å². The van der Waals surface area contributed by atoms with Gasteiger partial charge in [0.2, 0.25) is 0 Å². The van der Waals surface area contributed by atoms with Crippen molar-refractivity contribution in [2.24, 2.45) is 50.2 Å². The van der Waals surface area contributed by atoms with Gasteiger partial charge in [-0.2, -0.15) is 0 Å². The topological polar surface area (TPSA) is 0 Å². The molecule has 0 radical (unpaired) electrons. The van der Waals surface area contributed by atoms with Crippen molar-refractivity contribution in [3.63, 3.8) is 0 Å². The number of hydrogen-bond acceptors (Lipinski definition) is 0. The number of hydrogen-bond donors (Lipinski definition) is 0. The highest BCUT2D eigenvalue weighted by molar-refractivity contribution is 5.44. The molecular weight excluding hydrogens is 408 g/mol. The SMILES string of the molecule is C=CC(C)(C)C1CCC2(C)C(=CC(=C)C3C2CCC2(CC)CCC(C)(C)CC32C)C1(C)/C=C\C. The Morgan fingerprint density at radius 1 is 1.03 bits per heavy atom. The molecule has 0 aliphatic heterocycles. The quantitative estimate of drug-likeness (QED) is 0.364. The van der Waals surface area contributed by atoms with E-state index in [0.717, 1.165) is 5.92 Å². The average molecular weight is 463 g/mol. The summed E-state index contributed by atoms with van der Waals surface area (Å²) >= 11 is 0. The Morgan fingerprint density at radius 2 is 1.71 bits per heavy atom. The summed E-state index contributed by atoms with van der Waals surface area (Å²) in [7, 11) is 0. The molecule has 34 heavy (non-hydrogen) atoms. The Labute approximate surface area is 212 Å². The summed E-state index contributed by atoms with van der Waals surface area (Å²) in [5.74, 6) is 1.91. The number of rotatable bonds is 4. The van der Waals surface area contributed by atoms with E-state index in [1.807, 2.05) is 0 Å². The zero-order valence-corrected chi connectivity index (χ0v) is 24.1. The lowest BCUT2D eigenvalue weighted by Gasteiger charge is -2.69. The molecule has 0 bridgehead atoms. The Morgan fingerprint density at radius 3 is 2.29 bits per heavy atom. The van der Waals surface area contributed by atoms with E-state index in [-0.39, 0.29) is 16.2 Å². The van der Waals surface area contributed by atoms with Gasteiger partial charge in [0, 0.05) is 5.41 Å². The van der Waals surface area contributed by atoms with Gasteiger partial charge in [0.1, 0.15) is 0 Å². The first kappa shape index (κ1) is 26.0. The Balaban J connectivity index is 1.88. The Bertz CT molecular complexity index is 910. The molecule has 0 saturated heterocycles. The molecular formula is C34H54. The van der Waals surface area contributed by atoms with Crippen LogP contribution in [0.1, 0.15) is 114 Å². The molecule has 0 spiro atoms. The molecule has 0 nitrogen and oxygen atoms in total. The highest BCUT2D eigenvalue weighted by atomic mass is 14.7. The normalized spacial score (nSPS) is 46.3. The van der Waals surface area contributed by atoms with Gasteiger partial charge in [0.05, 0.1) is 0 Å². The maximum Gasteiger partial charge on any atom is 0.0107 e. The van der Waals surface area contributed by atoms with Crippen LogP contribution in [0.3, 0.4) is 0 Å². The maximum atomic E-state index is 4.88. The predicted octanol–water partition coefficient (Wildman–Crippen LogP) is 10.3. The third-order valence-corrected chi connectivity index (χ3v) is 12.4. The van der Waals surface area contributed by atoms with Crippen molar-refractivity contribution in [1.29, 1.82) is 0 Å². The van der Waals surface area contributed by atoms with Gasteiger partial charge in [-0.15, -0.1) is 6.58 Å². The minimum absolute atomic E-state index is 0.0549. The summed E-state index contributed by atoms with van der Waals surface area (Å²) in [5.41, 5.74) is 4.83. The highest BCUT2D eigenvalue weighted by Crippen LogP contribution is 2.74. The van der Waals surface area contributed by atoms with Crippen LogP contribution in [0.25, 0.3) is 0 Å². The third kappa shape index (κ3) is 3.36. The summed E-state index contributed by atoms with van der Waals surface area (Å²) in [6, 6.07) is 0. The molecule has 4 aliphatic carbocycles. The van der Waals surface area contributed by atoms with Crippen LogP contribution < -0.4 is 0 Å². The molecule has 0 N–H and O–H groups in total. The van der Waals surface area contributed by atoms with Crippen molar-refractivity contribution in [2.45, 2.75) is 114 Å². The molecule has 3 fully saturated rings. The molecule has 7 atom stereocenters. The van der Waals surface area contributed by atoms with E-state index in [2.05, 4.69) is 93.2 Å². The molecule has 7 unspecified atom stereocenters. The van der Waals surface area contributed by atoms with E-state index >= 15 is 0 Å². The second-order valence-corrected chi connectivity index (χ2v) is 15.0. The second kappa shape index (κ2) is 7.98. The minimum atomic E-state index is 0.0549. The summed E-state index contributed by atoms with van der Waals surface area (Å²) in [6.45, 7) is 31.6. The van der Waals surface area contributed by atoms with Gasteiger partial charge in [-0.05, 0) is 103 Å². The number of fused-ring (bicyclic) bond motifs is 5. The van der Waals surface area contributed by atoms with E-state index < -0.39 is 0 Å². The Kier molecular flexibility index (Phi) is 6.11. The fourth-order valence-electron chi connectivity index (χ4n) is 10.6. The van der Waals surface area contributed by atoms with Crippen LogP contribution in [0.4, 0.5) is 0 Å². The molecule has 190 valence electrons. The largest absolute Gasteiger partial charge is 0.103 e. The van der Waals surface area contributed by atoms with Crippen LogP contribution in [-0.2, 0) is 0 Å².